The Morgan fingerprint density at radius 3 is 2.56 bits per heavy atom. The normalized spacial score (nSPS) is 14.8. The fourth-order valence-corrected chi connectivity index (χ4v) is 4.38. The molecule has 3 aromatic rings. The van der Waals surface area contributed by atoms with Crippen molar-refractivity contribution >= 4 is 16.8 Å². The van der Waals surface area contributed by atoms with E-state index in [2.05, 4.69) is 15.2 Å². The molecule has 4 rings (SSSR count). The first-order valence-corrected chi connectivity index (χ1v) is 11.3. The molecule has 1 aliphatic heterocycles. The third-order valence-electron chi connectivity index (χ3n) is 6.22. The lowest BCUT2D eigenvalue weighted by Crippen LogP contribution is -2.46. The molecule has 0 bridgehead atoms. The van der Waals surface area contributed by atoms with Crippen LogP contribution in [0.25, 0.3) is 10.9 Å². The number of piperidine rings is 1. The summed E-state index contributed by atoms with van der Waals surface area (Å²) in [5.41, 5.74) is 1.14. The molecule has 1 fully saturated rings. The molecule has 0 spiro atoms. The zero-order chi connectivity index (χ0) is 24.2. The Balaban J connectivity index is 1.33. The fraction of sp³-hybridized carbons (Fsp3) is 0.400. The number of aryl methyl sites for hydroxylation is 1. The zero-order valence-electron chi connectivity index (χ0n) is 19.6. The summed E-state index contributed by atoms with van der Waals surface area (Å²) in [5.74, 6) is 1.07. The van der Waals surface area contributed by atoms with Gasteiger partial charge in [-0.1, -0.05) is 6.07 Å². The molecular formula is C25H29FN4O4. The molecule has 1 saturated heterocycles. The van der Waals surface area contributed by atoms with E-state index < -0.39 is 11.4 Å². The number of methoxy groups -OCH3 is 2. The molecule has 1 N–H and O–H groups in total. The molecule has 180 valence electrons. The van der Waals surface area contributed by atoms with Gasteiger partial charge in [-0.05, 0) is 55.7 Å². The van der Waals surface area contributed by atoms with Crippen molar-refractivity contribution in [3.8, 4) is 11.5 Å². The van der Waals surface area contributed by atoms with Crippen LogP contribution < -0.4 is 20.3 Å². The van der Waals surface area contributed by atoms with Crippen LogP contribution in [0.4, 0.5) is 4.39 Å². The molecule has 0 atom stereocenters. The number of halogens is 1. The molecule has 1 aromatic heterocycles. The Labute approximate surface area is 197 Å². The van der Waals surface area contributed by atoms with E-state index in [1.807, 2.05) is 18.2 Å². The van der Waals surface area contributed by atoms with Crippen LogP contribution in [0.5, 0.6) is 11.5 Å². The van der Waals surface area contributed by atoms with Gasteiger partial charge in [0.2, 0.25) is 5.91 Å². The van der Waals surface area contributed by atoms with Crippen LogP contribution >= 0.6 is 0 Å². The maximum absolute atomic E-state index is 13.6. The summed E-state index contributed by atoms with van der Waals surface area (Å²) in [4.78, 5) is 32.1. The van der Waals surface area contributed by atoms with E-state index in [1.54, 1.807) is 21.1 Å². The van der Waals surface area contributed by atoms with Crippen LogP contribution in [-0.4, -0.2) is 53.7 Å². The number of carbonyl (C=O) groups is 1. The average molecular weight is 469 g/mol. The smallest absolute Gasteiger partial charge is 0.261 e. The predicted molar refractivity (Wildman–Crippen MR) is 127 cm³/mol. The molecule has 0 unspecified atom stereocenters. The molecule has 34 heavy (non-hydrogen) atoms. The van der Waals surface area contributed by atoms with Gasteiger partial charge in [0.05, 0.1) is 25.1 Å². The average Bonchev–Trinajstić information content (AvgIpc) is 2.83. The highest BCUT2D eigenvalue weighted by Gasteiger charge is 2.22. The van der Waals surface area contributed by atoms with Crippen LogP contribution in [0.2, 0.25) is 0 Å². The van der Waals surface area contributed by atoms with Gasteiger partial charge in [-0.15, -0.1) is 0 Å². The van der Waals surface area contributed by atoms with E-state index in [0.717, 1.165) is 44.1 Å². The summed E-state index contributed by atoms with van der Waals surface area (Å²) in [6.07, 6.45) is 1.63. The van der Waals surface area contributed by atoms with E-state index in [9.17, 15) is 14.0 Å². The van der Waals surface area contributed by atoms with Crippen LogP contribution in [0, 0.1) is 12.7 Å². The number of ether oxygens (including phenoxy) is 2. The van der Waals surface area contributed by atoms with Gasteiger partial charge in [0, 0.05) is 25.7 Å². The van der Waals surface area contributed by atoms with Crippen molar-refractivity contribution in [1.82, 2.24) is 19.8 Å². The number of nitrogens with zero attached hydrogens (tertiary/aromatic N) is 3. The summed E-state index contributed by atoms with van der Waals surface area (Å²) < 4.78 is 25.6. The molecule has 2 heterocycles. The van der Waals surface area contributed by atoms with Gasteiger partial charge in [-0.25, -0.2) is 9.37 Å². The van der Waals surface area contributed by atoms with Crippen molar-refractivity contribution in [2.75, 3.05) is 27.3 Å². The first-order valence-electron chi connectivity index (χ1n) is 11.3. The Morgan fingerprint density at radius 1 is 1.12 bits per heavy atom. The van der Waals surface area contributed by atoms with Crippen LogP contribution in [0.3, 0.4) is 0 Å². The number of carbonyl (C=O) groups excluding carboxylic acids is 1. The van der Waals surface area contributed by atoms with Gasteiger partial charge in [-0.2, -0.15) is 0 Å². The molecule has 9 heteroatoms. The SMILES string of the molecule is COc1ccc(CN2CCC(NC(=O)Cn3c(C)nc4ccc(F)cc4c3=O)CC2)cc1OC. The molecule has 0 radical (unpaired) electrons. The van der Waals surface area contributed by atoms with Crippen molar-refractivity contribution in [2.45, 2.75) is 38.9 Å². The number of hydrogen-bond donors (Lipinski definition) is 1. The van der Waals surface area contributed by atoms with Crippen molar-refractivity contribution < 1.29 is 18.7 Å². The van der Waals surface area contributed by atoms with E-state index in [-0.39, 0.29) is 23.9 Å². The van der Waals surface area contributed by atoms with E-state index in [1.165, 1.54) is 16.7 Å². The molecular weight excluding hydrogens is 439 g/mol. The second-order valence-electron chi connectivity index (χ2n) is 8.52. The van der Waals surface area contributed by atoms with Crippen LogP contribution in [-0.2, 0) is 17.9 Å². The molecule has 0 saturated carbocycles. The quantitative estimate of drug-likeness (QED) is 0.574. The minimum Gasteiger partial charge on any atom is -0.493 e. The number of hydrogen-bond acceptors (Lipinski definition) is 6. The molecule has 1 amide bonds. The summed E-state index contributed by atoms with van der Waals surface area (Å²) in [6, 6.07) is 9.85. The highest BCUT2D eigenvalue weighted by molar-refractivity contribution is 5.79. The van der Waals surface area contributed by atoms with Crippen LogP contribution in [0.15, 0.2) is 41.2 Å². The Kier molecular flexibility index (Phi) is 7.12. The standard InChI is InChI=1S/C25H29FN4O4/c1-16-27-21-6-5-18(26)13-20(21)25(32)30(16)15-24(31)28-19-8-10-29(11-9-19)14-17-4-7-22(33-2)23(12-17)34-3/h4-7,12-13,19H,8-11,14-15H2,1-3H3,(H,28,31). The first kappa shape index (κ1) is 23.7. The van der Waals surface area contributed by atoms with Crippen molar-refractivity contribution in [3.63, 3.8) is 0 Å². The van der Waals surface area contributed by atoms with Crippen molar-refractivity contribution in [3.05, 3.63) is 64.0 Å². The Hall–Kier alpha value is -3.46. The minimum absolute atomic E-state index is 0.0380. The van der Waals surface area contributed by atoms with Crippen LogP contribution in [0.1, 0.15) is 24.2 Å². The predicted octanol–water partition coefficient (Wildman–Crippen LogP) is 2.64. The molecule has 0 aliphatic carbocycles. The van der Waals surface area contributed by atoms with Gasteiger partial charge in [0.1, 0.15) is 18.2 Å². The van der Waals surface area contributed by atoms with Gasteiger partial charge in [0.25, 0.3) is 5.56 Å². The number of fused-ring (bicyclic) bond motifs is 1. The van der Waals surface area contributed by atoms with E-state index >= 15 is 0 Å². The lowest BCUT2D eigenvalue weighted by molar-refractivity contribution is -0.122. The maximum atomic E-state index is 13.6. The van der Waals surface area contributed by atoms with E-state index in [0.29, 0.717) is 22.8 Å². The zero-order valence-corrected chi connectivity index (χ0v) is 19.6. The second kappa shape index (κ2) is 10.2. The van der Waals surface area contributed by atoms with Gasteiger partial charge in [0.15, 0.2) is 11.5 Å². The number of aromatic nitrogens is 2. The lowest BCUT2D eigenvalue weighted by atomic mass is 10.0. The number of amides is 1. The monoisotopic (exact) mass is 468 g/mol. The summed E-state index contributed by atoms with van der Waals surface area (Å²) in [5, 5.41) is 3.20. The second-order valence-corrected chi connectivity index (χ2v) is 8.52. The maximum Gasteiger partial charge on any atom is 0.261 e. The Morgan fingerprint density at radius 2 is 1.85 bits per heavy atom. The first-order chi connectivity index (χ1) is 16.4. The molecule has 1 aliphatic rings. The largest absolute Gasteiger partial charge is 0.493 e. The van der Waals surface area contributed by atoms with Gasteiger partial charge < -0.3 is 14.8 Å². The number of likely N-dealkylation sites (tertiary alicyclic amines) is 1. The Bertz CT molecular complexity index is 1250. The third-order valence-corrected chi connectivity index (χ3v) is 6.22. The number of rotatable bonds is 7. The summed E-state index contributed by atoms with van der Waals surface area (Å²) in [7, 11) is 3.24. The van der Waals surface area contributed by atoms with Crippen molar-refractivity contribution in [2.24, 2.45) is 0 Å². The number of nitrogens with one attached hydrogen (secondary N) is 1. The third kappa shape index (κ3) is 5.20. The lowest BCUT2D eigenvalue weighted by Gasteiger charge is -2.32. The highest BCUT2D eigenvalue weighted by atomic mass is 19.1. The molecule has 8 nitrogen and oxygen atoms in total. The fourth-order valence-electron chi connectivity index (χ4n) is 4.38. The highest BCUT2D eigenvalue weighted by Crippen LogP contribution is 2.28. The van der Waals surface area contributed by atoms with Gasteiger partial charge >= 0.3 is 0 Å². The summed E-state index contributed by atoms with van der Waals surface area (Å²) >= 11 is 0. The minimum atomic E-state index is -0.508. The number of benzene rings is 2. The van der Waals surface area contributed by atoms with E-state index in [4.69, 9.17) is 9.47 Å². The molecule has 2 aromatic carbocycles. The van der Waals surface area contributed by atoms with Gasteiger partial charge in [-0.3, -0.25) is 19.1 Å². The summed E-state index contributed by atoms with van der Waals surface area (Å²) in [6.45, 7) is 4.00. The van der Waals surface area contributed by atoms with Crippen molar-refractivity contribution in [1.29, 1.82) is 0 Å². The topological polar surface area (TPSA) is 85.7 Å².